The lowest BCUT2D eigenvalue weighted by molar-refractivity contribution is 0.0821. The van der Waals surface area contributed by atoms with Crippen molar-refractivity contribution in [2.24, 2.45) is 0 Å². The predicted molar refractivity (Wildman–Crippen MR) is 163 cm³/mol. The van der Waals surface area contributed by atoms with Crippen LogP contribution in [0.2, 0.25) is 0 Å². The number of nitrogens with one attached hydrogen (secondary N) is 3. The Morgan fingerprint density at radius 3 is 2.66 bits per heavy atom. The molecule has 1 aliphatic carbocycles. The van der Waals surface area contributed by atoms with Crippen LogP contribution < -0.4 is 16.0 Å². The number of aliphatic hydroxyl groups is 1. The van der Waals surface area contributed by atoms with Gasteiger partial charge in [0, 0.05) is 31.3 Å². The molecule has 2 aliphatic rings. The first-order chi connectivity index (χ1) is 19.8. The second-order valence-corrected chi connectivity index (χ2v) is 12.0. The number of rotatable bonds is 8. The fourth-order valence-corrected chi connectivity index (χ4v) is 5.73. The molecule has 0 unspecified atom stereocenters. The van der Waals surface area contributed by atoms with Gasteiger partial charge in [-0.1, -0.05) is 62.4 Å². The summed E-state index contributed by atoms with van der Waals surface area (Å²) < 4.78 is 5.31. The fraction of sp³-hybridized carbons (Fsp3) is 0.471. The van der Waals surface area contributed by atoms with E-state index in [2.05, 4.69) is 83.3 Å². The van der Waals surface area contributed by atoms with Crippen LogP contribution in [0, 0.1) is 0 Å². The molecule has 1 aromatic heterocycles. The number of fused-ring (bicyclic) bond motifs is 4. The van der Waals surface area contributed by atoms with Crippen molar-refractivity contribution in [3.63, 3.8) is 0 Å². The highest BCUT2D eigenvalue weighted by molar-refractivity contribution is 5.95. The maximum absolute atomic E-state index is 13.6. The molecule has 1 saturated carbocycles. The minimum absolute atomic E-state index is 0.115. The van der Waals surface area contributed by atoms with E-state index in [1.165, 1.54) is 16.7 Å². The first-order valence-corrected chi connectivity index (χ1v) is 15.0. The minimum atomic E-state index is -0.776. The number of carbonyl (C=O) groups is 1. The molecule has 5 rings (SSSR count). The van der Waals surface area contributed by atoms with Crippen LogP contribution in [0.5, 0.6) is 0 Å². The Balaban J connectivity index is 1.38. The van der Waals surface area contributed by atoms with E-state index in [4.69, 9.17) is 4.74 Å². The van der Waals surface area contributed by atoms with Crippen molar-refractivity contribution in [1.29, 1.82) is 0 Å². The summed E-state index contributed by atoms with van der Waals surface area (Å²) in [4.78, 5) is 18.2. The lowest BCUT2D eigenvalue weighted by atomic mass is 9.95. The maximum atomic E-state index is 13.6. The van der Waals surface area contributed by atoms with Crippen LogP contribution in [0.25, 0.3) is 0 Å². The molecule has 0 saturated heterocycles. The molecular formula is C34H44N4O3. The van der Waals surface area contributed by atoms with Gasteiger partial charge in [0.1, 0.15) is 5.82 Å². The summed E-state index contributed by atoms with van der Waals surface area (Å²) in [6, 6.07) is 20.4. The Morgan fingerprint density at radius 2 is 1.88 bits per heavy atom. The summed E-state index contributed by atoms with van der Waals surface area (Å²) in [5, 5.41) is 21.8. The van der Waals surface area contributed by atoms with Gasteiger partial charge in [-0.15, -0.1) is 0 Å². The first-order valence-electron chi connectivity index (χ1n) is 15.0. The van der Waals surface area contributed by atoms with Crippen LogP contribution >= 0.6 is 0 Å². The number of carbonyl (C=O) groups excluding carboxylic acids is 1. The molecule has 3 aromatic rings. The van der Waals surface area contributed by atoms with Crippen molar-refractivity contribution in [1.82, 2.24) is 15.6 Å². The number of methoxy groups -OCH3 is 1. The monoisotopic (exact) mass is 556 g/mol. The molecule has 2 heterocycles. The second-order valence-electron chi connectivity index (χ2n) is 12.0. The van der Waals surface area contributed by atoms with Crippen LogP contribution in [0.3, 0.4) is 0 Å². The van der Waals surface area contributed by atoms with Gasteiger partial charge in [0.25, 0.3) is 5.91 Å². The molecule has 0 radical (unpaired) electrons. The zero-order valence-electron chi connectivity index (χ0n) is 24.6. The minimum Gasteiger partial charge on any atom is -0.390 e. The second kappa shape index (κ2) is 13.1. The van der Waals surface area contributed by atoms with E-state index < -0.39 is 12.1 Å². The van der Waals surface area contributed by atoms with Gasteiger partial charge in [-0.25, -0.2) is 4.98 Å². The quantitative estimate of drug-likeness (QED) is 0.309. The van der Waals surface area contributed by atoms with Gasteiger partial charge in [0.2, 0.25) is 0 Å². The number of amides is 1. The normalized spacial score (nSPS) is 19.4. The number of ether oxygens (including phenoxy) is 1. The topological polar surface area (TPSA) is 95.5 Å². The van der Waals surface area contributed by atoms with Gasteiger partial charge in [0.15, 0.2) is 0 Å². The molecular weight excluding hydrogens is 512 g/mol. The molecule has 7 nitrogen and oxygen atoms in total. The van der Waals surface area contributed by atoms with Crippen molar-refractivity contribution >= 4 is 11.7 Å². The third-order valence-electron chi connectivity index (χ3n) is 8.36. The molecule has 1 aliphatic heterocycles. The number of anilines is 1. The average molecular weight is 557 g/mol. The lowest BCUT2D eigenvalue weighted by Crippen LogP contribution is -2.50. The van der Waals surface area contributed by atoms with Gasteiger partial charge in [-0.05, 0) is 78.8 Å². The van der Waals surface area contributed by atoms with Gasteiger partial charge < -0.3 is 25.8 Å². The summed E-state index contributed by atoms with van der Waals surface area (Å²) in [5.74, 6) is 0.900. The van der Waals surface area contributed by atoms with Crippen molar-refractivity contribution < 1.29 is 14.6 Å². The van der Waals surface area contributed by atoms with Crippen LogP contribution in [-0.4, -0.2) is 48.3 Å². The Bertz CT molecular complexity index is 1340. The highest BCUT2D eigenvalue weighted by Crippen LogP contribution is 2.46. The third-order valence-corrected chi connectivity index (χ3v) is 8.36. The van der Waals surface area contributed by atoms with E-state index in [1.807, 2.05) is 0 Å². The number of aliphatic hydroxyl groups excluding tert-OH is 1. The first kappa shape index (κ1) is 29.2. The molecule has 218 valence electrons. The Labute approximate surface area is 244 Å². The maximum Gasteiger partial charge on any atom is 0.251 e. The van der Waals surface area contributed by atoms with Crippen molar-refractivity contribution in [2.45, 2.75) is 82.6 Å². The lowest BCUT2D eigenvalue weighted by Gasteiger charge is -2.28. The molecule has 1 fully saturated rings. The molecule has 7 heteroatoms. The standard InChI is InChI=1S/C34H44N4O3/c1-23(2)26-11-7-12-28(18-26)34(13-14-34)36-21-31(39)30-17-25-10-6-9-24(16-25)8-4-5-15-35-32-20-27(33(40)38-30)19-29(37-32)22-41-3/h6-7,9-12,16,18-20,23,30-31,36,39H,4-5,8,13-15,17,21-22H2,1-3H3,(H,35,37)(H,38,40)/t30-,31+/m1/s1. The number of hydrogen-bond donors (Lipinski definition) is 4. The molecule has 1 amide bonds. The number of benzene rings is 2. The summed E-state index contributed by atoms with van der Waals surface area (Å²) in [6.07, 6.45) is 4.87. The van der Waals surface area contributed by atoms with Crippen LogP contribution in [0.1, 0.15) is 83.8 Å². The van der Waals surface area contributed by atoms with E-state index >= 15 is 0 Å². The number of nitrogens with zero attached hydrogens (tertiary/aromatic N) is 1. The SMILES string of the molecule is COCc1cc2cc(n1)NCCCCc1cccc(c1)C[C@H]([C@@H](O)CNC1(c3cccc(C(C)C)c3)CC1)NC2=O. The van der Waals surface area contributed by atoms with E-state index in [9.17, 15) is 9.90 Å². The molecule has 41 heavy (non-hydrogen) atoms. The van der Waals surface area contributed by atoms with Crippen molar-refractivity contribution in [2.75, 3.05) is 25.5 Å². The molecule has 2 aromatic carbocycles. The summed E-state index contributed by atoms with van der Waals surface area (Å²) in [7, 11) is 1.62. The average Bonchev–Trinajstić information content (AvgIpc) is 3.76. The largest absolute Gasteiger partial charge is 0.390 e. The summed E-state index contributed by atoms with van der Waals surface area (Å²) in [6.45, 7) is 5.90. The van der Waals surface area contributed by atoms with Crippen LogP contribution in [0.4, 0.5) is 5.82 Å². The van der Waals surface area contributed by atoms with E-state index in [0.29, 0.717) is 42.6 Å². The highest BCUT2D eigenvalue weighted by Gasteiger charge is 2.44. The van der Waals surface area contributed by atoms with Gasteiger partial charge in [-0.2, -0.15) is 0 Å². The van der Waals surface area contributed by atoms with Gasteiger partial charge in [0.05, 0.1) is 24.4 Å². The number of pyridine rings is 1. The zero-order valence-corrected chi connectivity index (χ0v) is 24.6. The molecule has 0 spiro atoms. The number of aromatic nitrogens is 1. The fourth-order valence-electron chi connectivity index (χ4n) is 5.73. The summed E-state index contributed by atoms with van der Waals surface area (Å²) >= 11 is 0. The smallest absolute Gasteiger partial charge is 0.251 e. The van der Waals surface area contributed by atoms with Gasteiger partial charge >= 0.3 is 0 Å². The molecule has 2 atom stereocenters. The summed E-state index contributed by atoms with van der Waals surface area (Å²) in [5.41, 5.74) is 6.07. The number of aryl methyl sites for hydroxylation is 1. The van der Waals surface area contributed by atoms with Crippen LogP contribution in [0.15, 0.2) is 60.7 Å². The molecule has 4 bridgehead atoms. The Hall–Kier alpha value is -3.26. The van der Waals surface area contributed by atoms with E-state index in [0.717, 1.165) is 44.2 Å². The van der Waals surface area contributed by atoms with Crippen LogP contribution in [-0.2, 0) is 29.7 Å². The van der Waals surface area contributed by atoms with E-state index in [1.54, 1.807) is 19.2 Å². The third kappa shape index (κ3) is 7.53. The Kier molecular flexibility index (Phi) is 9.38. The zero-order chi connectivity index (χ0) is 28.8. The van der Waals surface area contributed by atoms with Crippen molar-refractivity contribution in [3.8, 4) is 0 Å². The van der Waals surface area contributed by atoms with E-state index in [-0.39, 0.29) is 11.4 Å². The molecule has 4 N–H and O–H groups in total. The van der Waals surface area contributed by atoms with Crippen molar-refractivity contribution in [3.05, 3.63) is 94.2 Å². The Morgan fingerprint density at radius 1 is 1.07 bits per heavy atom. The van der Waals surface area contributed by atoms with Gasteiger partial charge in [-0.3, -0.25) is 4.79 Å². The predicted octanol–water partition coefficient (Wildman–Crippen LogP) is 5.08. The number of hydrogen-bond acceptors (Lipinski definition) is 6. The highest BCUT2D eigenvalue weighted by atomic mass is 16.5.